The normalized spacial score (nSPS) is 21.8. The van der Waals surface area contributed by atoms with E-state index in [9.17, 15) is 0 Å². The first-order chi connectivity index (χ1) is 9.79. The average molecular weight is 291 g/mol. The predicted octanol–water partition coefficient (Wildman–Crippen LogP) is 4.98. The summed E-state index contributed by atoms with van der Waals surface area (Å²) >= 11 is 5.90. The van der Waals surface area contributed by atoms with E-state index in [1.54, 1.807) is 0 Å². The molecule has 108 valence electrons. The van der Waals surface area contributed by atoms with Gasteiger partial charge in [-0.2, -0.15) is 0 Å². The van der Waals surface area contributed by atoms with Gasteiger partial charge in [0.25, 0.3) is 0 Å². The summed E-state index contributed by atoms with van der Waals surface area (Å²) in [5.41, 5.74) is 2.34. The van der Waals surface area contributed by atoms with Gasteiger partial charge in [-0.05, 0) is 36.8 Å². The number of nitrogens with zero attached hydrogens (tertiary/aromatic N) is 2. The quantitative estimate of drug-likeness (QED) is 0.650. The fourth-order valence-electron chi connectivity index (χ4n) is 2.83. The molecule has 1 aliphatic rings. The molecule has 2 nitrogen and oxygen atoms in total. The van der Waals surface area contributed by atoms with Crippen LogP contribution in [0, 0.1) is 5.41 Å². The van der Waals surface area contributed by atoms with Gasteiger partial charge in [0.05, 0.1) is 11.4 Å². The van der Waals surface area contributed by atoms with Crippen LogP contribution in [0.15, 0.2) is 41.7 Å². The molecule has 0 amide bonds. The first-order valence-corrected chi connectivity index (χ1v) is 8.05. The van der Waals surface area contributed by atoms with E-state index in [1.807, 2.05) is 30.6 Å². The van der Waals surface area contributed by atoms with Crippen molar-refractivity contribution < 1.29 is 0 Å². The number of halogens is 1. The largest absolute Gasteiger partial charge is 0.259 e. The molecule has 0 saturated heterocycles. The molecular weight excluding hydrogens is 268 g/mol. The number of hydrogen-bond donors (Lipinski definition) is 0. The van der Waals surface area contributed by atoms with E-state index in [1.165, 1.54) is 19.3 Å². The van der Waals surface area contributed by atoms with Crippen LogP contribution < -0.4 is 0 Å². The van der Waals surface area contributed by atoms with Gasteiger partial charge in [0.15, 0.2) is 0 Å². The third-order valence-electron chi connectivity index (χ3n) is 3.98. The molecule has 1 aromatic heterocycles. The van der Waals surface area contributed by atoms with Crippen molar-refractivity contribution in [1.82, 2.24) is 4.98 Å². The fraction of sp³-hybridized carbons (Fsp3) is 0.529. The standard InChI is InChI=1S/C17H23ClN2/c1-2-3-8-17(9-6-11-18)10-13-20-16(14-17)15-7-4-5-12-19-15/h4-5,7,10,12-13H,2-3,6,8-9,11,14H2,1H3. The van der Waals surface area contributed by atoms with E-state index < -0.39 is 0 Å². The molecule has 0 fully saturated rings. The third-order valence-corrected chi connectivity index (χ3v) is 4.24. The Morgan fingerprint density at radius 1 is 1.25 bits per heavy atom. The van der Waals surface area contributed by atoms with Crippen molar-refractivity contribution in [2.24, 2.45) is 10.4 Å². The minimum Gasteiger partial charge on any atom is -0.259 e. The van der Waals surface area contributed by atoms with Gasteiger partial charge in [0.1, 0.15) is 0 Å². The van der Waals surface area contributed by atoms with Crippen LogP contribution in [0.25, 0.3) is 0 Å². The monoisotopic (exact) mass is 290 g/mol. The Hall–Kier alpha value is -1.15. The second-order valence-electron chi connectivity index (χ2n) is 5.54. The molecule has 2 heterocycles. The molecule has 1 aromatic rings. The number of aliphatic imine (C=N–C) groups is 1. The zero-order valence-corrected chi connectivity index (χ0v) is 12.9. The fourth-order valence-corrected chi connectivity index (χ4v) is 2.96. The van der Waals surface area contributed by atoms with Crippen LogP contribution in [0.5, 0.6) is 0 Å². The Labute approximate surface area is 127 Å². The van der Waals surface area contributed by atoms with Crippen molar-refractivity contribution in [2.45, 2.75) is 45.4 Å². The van der Waals surface area contributed by atoms with Gasteiger partial charge in [-0.1, -0.05) is 31.9 Å². The summed E-state index contributed by atoms with van der Waals surface area (Å²) < 4.78 is 0. The molecule has 0 aliphatic carbocycles. The average Bonchev–Trinajstić information content (AvgIpc) is 2.52. The Balaban J connectivity index is 2.15. The Morgan fingerprint density at radius 2 is 2.10 bits per heavy atom. The highest BCUT2D eigenvalue weighted by Gasteiger charge is 2.30. The van der Waals surface area contributed by atoms with Crippen molar-refractivity contribution >= 4 is 17.3 Å². The maximum atomic E-state index is 5.90. The molecular formula is C17H23ClN2. The van der Waals surface area contributed by atoms with Gasteiger partial charge in [0.2, 0.25) is 0 Å². The number of pyridine rings is 1. The van der Waals surface area contributed by atoms with Crippen molar-refractivity contribution in [3.05, 3.63) is 42.4 Å². The van der Waals surface area contributed by atoms with Gasteiger partial charge in [0, 0.05) is 24.7 Å². The molecule has 0 aromatic carbocycles. The maximum Gasteiger partial charge on any atom is 0.0844 e. The lowest BCUT2D eigenvalue weighted by molar-refractivity contribution is 0.318. The summed E-state index contributed by atoms with van der Waals surface area (Å²) in [7, 11) is 0. The van der Waals surface area contributed by atoms with Crippen LogP contribution in [0.1, 0.15) is 51.1 Å². The molecule has 0 saturated carbocycles. The molecule has 0 N–H and O–H groups in total. The summed E-state index contributed by atoms with van der Waals surface area (Å²) in [5.74, 6) is 0.734. The molecule has 1 unspecified atom stereocenters. The molecule has 20 heavy (non-hydrogen) atoms. The first-order valence-electron chi connectivity index (χ1n) is 7.51. The summed E-state index contributed by atoms with van der Waals surface area (Å²) in [6, 6.07) is 6.01. The Morgan fingerprint density at radius 3 is 2.80 bits per heavy atom. The summed E-state index contributed by atoms with van der Waals surface area (Å²) in [6.45, 7) is 2.25. The second-order valence-corrected chi connectivity index (χ2v) is 5.92. The highest BCUT2D eigenvalue weighted by atomic mass is 35.5. The third kappa shape index (κ3) is 3.92. The van der Waals surface area contributed by atoms with Crippen molar-refractivity contribution in [3.8, 4) is 0 Å². The van der Waals surface area contributed by atoms with Crippen LogP contribution in [0.2, 0.25) is 0 Å². The van der Waals surface area contributed by atoms with Crippen LogP contribution in [0.3, 0.4) is 0 Å². The highest BCUT2D eigenvalue weighted by molar-refractivity contribution is 6.17. The summed E-state index contributed by atoms with van der Waals surface area (Å²) in [6.07, 6.45) is 13.0. The lowest BCUT2D eigenvalue weighted by atomic mass is 9.73. The number of hydrogen-bond acceptors (Lipinski definition) is 2. The number of allylic oxidation sites excluding steroid dienone is 1. The molecule has 1 atom stereocenters. The summed E-state index contributed by atoms with van der Waals surface area (Å²) in [5, 5.41) is 0. The lowest BCUT2D eigenvalue weighted by Gasteiger charge is -2.33. The molecule has 0 bridgehead atoms. The van der Waals surface area contributed by atoms with Crippen LogP contribution in [-0.4, -0.2) is 16.6 Å². The van der Waals surface area contributed by atoms with E-state index in [-0.39, 0.29) is 5.41 Å². The van der Waals surface area contributed by atoms with E-state index in [0.717, 1.165) is 36.5 Å². The van der Waals surface area contributed by atoms with Gasteiger partial charge in [-0.15, -0.1) is 11.6 Å². The number of rotatable bonds is 7. The molecule has 1 aliphatic heterocycles. The molecule has 0 spiro atoms. The van der Waals surface area contributed by atoms with E-state index >= 15 is 0 Å². The van der Waals surface area contributed by atoms with Gasteiger partial charge in [-0.25, -0.2) is 0 Å². The summed E-state index contributed by atoms with van der Waals surface area (Å²) in [4.78, 5) is 8.99. The first kappa shape index (κ1) is 15.2. The smallest absolute Gasteiger partial charge is 0.0844 e. The zero-order valence-electron chi connectivity index (χ0n) is 12.2. The molecule has 0 radical (unpaired) electrons. The minimum absolute atomic E-state index is 0.222. The second kappa shape index (κ2) is 7.58. The van der Waals surface area contributed by atoms with Gasteiger partial charge in [-0.3, -0.25) is 9.98 Å². The van der Waals surface area contributed by atoms with E-state index in [2.05, 4.69) is 23.0 Å². The SMILES string of the molecule is CCCCC1(CCCCl)C=CN=C(c2ccccn2)C1. The van der Waals surface area contributed by atoms with Crippen LogP contribution >= 0.6 is 11.6 Å². The Kier molecular flexibility index (Phi) is 5.78. The van der Waals surface area contributed by atoms with Crippen molar-refractivity contribution in [2.75, 3.05) is 5.88 Å². The predicted molar refractivity (Wildman–Crippen MR) is 86.4 cm³/mol. The van der Waals surface area contributed by atoms with Gasteiger partial charge >= 0.3 is 0 Å². The van der Waals surface area contributed by atoms with E-state index in [0.29, 0.717) is 0 Å². The van der Waals surface area contributed by atoms with Crippen molar-refractivity contribution in [1.29, 1.82) is 0 Å². The minimum atomic E-state index is 0.222. The van der Waals surface area contributed by atoms with E-state index in [4.69, 9.17) is 11.6 Å². The van der Waals surface area contributed by atoms with Crippen LogP contribution in [-0.2, 0) is 0 Å². The van der Waals surface area contributed by atoms with Crippen molar-refractivity contribution in [3.63, 3.8) is 0 Å². The Bertz CT molecular complexity index is 457. The highest BCUT2D eigenvalue weighted by Crippen LogP contribution is 2.39. The van der Waals surface area contributed by atoms with Crippen LogP contribution in [0.4, 0.5) is 0 Å². The number of unbranched alkanes of at least 4 members (excludes halogenated alkanes) is 1. The number of aromatic nitrogens is 1. The molecule has 3 heteroatoms. The zero-order chi connectivity index (χ0) is 14.3. The molecule has 2 rings (SSSR count). The topological polar surface area (TPSA) is 25.2 Å². The lowest BCUT2D eigenvalue weighted by Crippen LogP contribution is -2.26. The maximum absolute atomic E-state index is 5.90. The number of alkyl halides is 1. The van der Waals surface area contributed by atoms with Gasteiger partial charge < -0.3 is 0 Å².